The van der Waals surface area contributed by atoms with Crippen molar-refractivity contribution in [2.24, 2.45) is 5.92 Å². The molecule has 1 amide bonds. The summed E-state index contributed by atoms with van der Waals surface area (Å²) in [5.74, 6) is 2.08. The maximum Gasteiger partial charge on any atom is 0.410 e. The smallest absolute Gasteiger partial charge is 0.410 e. The molecular weight excluding hydrogens is 458 g/mol. The summed E-state index contributed by atoms with van der Waals surface area (Å²) in [5, 5.41) is 0. The number of rotatable bonds is 7. The zero-order valence-electron chi connectivity index (χ0n) is 20.5. The van der Waals surface area contributed by atoms with E-state index in [1.54, 1.807) is 11.3 Å². The molecule has 0 bridgehead atoms. The zero-order chi connectivity index (χ0) is 24.4. The highest BCUT2D eigenvalue weighted by Crippen LogP contribution is 2.35. The van der Waals surface area contributed by atoms with Gasteiger partial charge in [-0.15, -0.1) is 11.3 Å². The monoisotopic (exact) mass is 491 g/mol. The van der Waals surface area contributed by atoms with E-state index in [-0.39, 0.29) is 6.09 Å². The second kappa shape index (κ2) is 10.2. The lowest BCUT2D eigenvalue weighted by atomic mass is 9.96. The van der Waals surface area contributed by atoms with Crippen molar-refractivity contribution in [2.75, 3.05) is 18.8 Å². The average molecular weight is 492 g/mol. The molecule has 5 rings (SSSR count). The first-order valence-corrected chi connectivity index (χ1v) is 13.4. The SMILES string of the molecule is CCCCc1nc2c(N)nc3cc(C)sc3c2n1CC1CCN(C(=O)OCc2ccccc2)CC1. The van der Waals surface area contributed by atoms with E-state index in [9.17, 15) is 4.79 Å². The number of likely N-dealkylation sites (tertiary alicyclic amines) is 1. The number of thiophene rings is 1. The van der Waals surface area contributed by atoms with Crippen molar-refractivity contribution in [1.29, 1.82) is 0 Å². The first-order valence-electron chi connectivity index (χ1n) is 12.5. The third kappa shape index (κ3) is 4.98. The lowest BCUT2D eigenvalue weighted by Gasteiger charge is -2.32. The lowest BCUT2D eigenvalue weighted by molar-refractivity contribution is 0.0807. The predicted octanol–water partition coefficient (Wildman–Crippen LogP) is 5.93. The van der Waals surface area contributed by atoms with E-state index in [2.05, 4.69) is 29.5 Å². The number of anilines is 1. The van der Waals surface area contributed by atoms with Crippen LogP contribution in [0.25, 0.3) is 21.3 Å². The van der Waals surface area contributed by atoms with Crippen molar-refractivity contribution in [3.8, 4) is 0 Å². The van der Waals surface area contributed by atoms with Gasteiger partial charge in [0.2, 0.25) is 0 Å². The normalized spacial score (nSPS) is 14.7. The average Bonchev–Trinajstić information content (AvgIpc) is 3.42. The number of fused-ring (bicyclic) bond motifs is 3. The molecule has 0 radical (unpaired) electrons. The molecule has 1 saturated heterocycles. The summed E-state index contributed by atoms with van der Waals surface area (Å²) >= 11 is 1.76. The number of aryl methyl sites for hydroxylation is 2. The van der Waals surface area contributed by atoms with Crippen LogP contribution in [0.5, 0.6) is 0 Å². The van der Waals surface area contributed by atoms with Gasteiger partial charge in [0.25, 0.3) is 0 Å². The predicted molar refractivity (Wildman–Crippen MR) is 142 cm³/mol. The van der Waals surface area contributed by atoms with Gasteiger partial charge >= 0.3 is 6.09 Å². The molecule has 4 aromatic rings. The second-order valence-corrected chi connectivity index (χ2v) is 10.7. The summed E-state index contributed by atoms with van der Waals surface area (Å²) in [5.41, 5.74) is 10.3. The summed E-state index contributed by atoms with van der Waals surface area (Å²) in [6.07, 6.45) is 4.81. The number of ether oxygens (including phenoxy) is 1. The molecule has 3 aromatic heterocycles. The topological polar surface area (TPSA) is 86.3 Å². The molecule has 1 aliphatic heterocycles. The van der Waals surface area contributed by atoms with E-state index in [0.29, 0.717) is 31.4 Å². The number of imidazole rings is 1. The quantitative estimate of drug-likeness (QED) is 0.346. The minimum atomic E-state index is -0.223. The van der Waals surface area contributed by atoms with Crippen LogP contribution in [0, 0.1) is 12.8 Å². The van der Waals surface area contributed by atoms with Crippen molar-refractivity contribution in [3.63, 3.8) is 0 Å². The highest BCUT2D eigenvalue weighted by atomic mass is 32.1. The third-order valence-electron chi connectivity index (χ3n) is 6.85. The molecule has 0 unspecified atom stereocenters. The minimum Gasteiger partial charge on any atom is -0.445 e. The number of nitrogens with two attached hydrogens (primary N) is 1. The van der Waals surface area contributed by atoms with Crippen LogP contribution < -0.4 is 5.73 Å². The minimum absolute atomic E-state index is 0.223. The first kappa shape index (κ1) is 23.6. The van der Waals surface area contributed by atoms with Crippen LogP contribution in [-0.2, 0) is 24.3 Å². The number of nitrogens with zero attached hydrogens (tertiary/aromatic N) is 4. The number of amides is 1. The van der Waals surface area contributed by atoms with Gasteiger partial charge in [-0.05, 0) is 43.7 Å². The van der Waals surface area contributed by atoms with Gasteiger partial charge in [-0.2, -0.15) is 0 Å². The standard InChI is InChI=1S/C27H33N5O2S/c1-3-4-10-22-30-23-24(25-21(29-26(23)28)15-18(2)35-25)32(22)16-19-11-13-31(14-12-19)27(33)34-17-20-8-6-5-7-9-20/h5-9,15,19H,3-4,10-14,16-17H2,1-2H3,(H2,28,29). The molecule has 35 heavy (non-hydrogen) atoms. The number of piperidine rings is 1. The Kier molecular flexibility index (Phi) is 6.90. The number of unbranched alkanes of at least 4 members (excludes halogenated alkanes) is 1. The molecule has 0 atom stereocenters. The number of benzene rings is 1. The van der Waals surface area contributed by atoms with Crippen LogP contribution in [0.1, 0.15) is 48.9 Å². The summed E-state index contributed by atoms with van der Waals surface area (Å²) in [4.78, 5) is 25.3. The highest BCUT2D eigenvalue weighted by molar-refractivity contribution is 7.19. The van der Waals surface area contributed by atoms with Crippen LogP contribution >= 0.6 is 11.3 Å². The molecule has 7 nitrogen and oxygen atoms in total. The van der Waals surface area contributed by atoms with Gasteiger partial charge in [-0.1, -0.05) is 43.7 Å². The molecule has 8 heteroatoms. The van der Waals surface area contributed by atoms with Crippen LogP contribution in [0.3, 0.4) is 0 Å². The van der Waals surface area contributed by atoms with Gasteiger partial charge < -0.3 is 19.9 Å². The Morgan fingerprint density at radius 2 is 1.97 bits per heavy atom. The molecule has 184 valence electrons. The summed E-state index contributed by atoms with van der Waals surface area (Å²) in [7, 11) is 0. The van der Waals surface area contributed by atoms with Gasteiger partial charge in [0.15, 0.2) is 5.82 Å². The third-order valence-corrected chi connectivity index (χ3v) is 7.90. The number of carbonyl (C=O) groups is 1. The fourth-order valence-electron chi connectivity index (χ4n) is 4.93. The van der Waals surface area contributed by atoms with E-state index >= 15 is 0 Å². The number of pyridine rings is 1. The lowest BCUT2D eigenvalue weighted by Crippen LogP contribution is -2.39. The van der Waals surface area contributed by atoms with Crippen molar-refractivity contribution in [1.82, 2.24) is 19.4 Å². The van der Waals surface area contributed by atoms with Crippen LogP contribution in [-0.4, -0.2) is 38.6 Å². The van der Waals surface area contributed by atoms with E-state index in [0.717, 1.165) is 66.6 Å². The molecule has 1 aliphatic rings. The van der Waals surface area contributed by atoms with Gasteiger partial charge in [0, 0.05) is 30.9 Å². The largest absolute Gasteiger partial charge is 0.445 e. The number of hydrogen-bond donors (Lipinski definition) is 1. The van der Waals surface area contributed by atoms with E-state index in [1.807, 2.05) is 35.2 Å². The fourth-order valence-corrected chi connectivity index (χ4v) is 5.94. The Morgan fingerprint density at radius 1 is 1.20 bits per heavy atom. The zero-order valence-corrected chi connectivity index (χ0v) is 21.3. The number of carbonyl (C=O) groups excluding carboxylic acids is 1. The van der Waals surface area contributed by atoms with E-state index in [4.69, 9.17) is 15.5 Å². The molecule has 0 spiro atoms. The molecule has 0 aliphatic carbocycles. The maximum absolute atomic E-state index is 12.6. The number of aromatic nitrogens is 3. The molecule has 2 N–H and O–H groups in total. The Bertz CT molecular complexity index is 1320. The van der Waals surface area contributed by atoms with Crippen molar-refractivity contribution in [3.05, 3.63) is 52.7 Å². The highest BCUT2D eigenvalue weighted by Gasteiger charge is 2.26. The van der Waals surface area contributed by atoms with Gasteiger partial charge in [-0.25, -0.2) is 14.8 Å². The number of hydrogen-bond acceptors (Lipinski definition) is 6. The van der Waals surface area contributed by atoms with Crippen molar-refractivity contribution < 1.29 is 9.53 Å². The van der Waals surface area contributed by atoms with Gasteiger partial charge in [0.05, 0.1) is 15.7 Å². The molecular formula is C27H33N5O2S. The van der Waals surface area contributed by atoms with Crippen LogP contribution in [0.2, 0.25) is 0 Å². The Labute approximate surface area is 209 Å². The van der Waals surface area contributed by atoms with E-state index in [1.165, 1.54) is 9.58 Å². The first-order chi connectivity index (χ1) is 17.0. The Hall–Kier alpha value is -3.13. The molecule has 1 aromatic carbocycles. The van der Waals surface area contributed by atoms with Crippen LogP contribution in [0.4, 0.5) is 10.6 Å². The fraction of sp³-hybridized carbons (Fsp3) is 0.444. The van der Waals surface area contributed by atoms with Crippen LogP contribution in [0.15, 0.2) is 36.4 Å². The maximum atomic E-state index is 12.6. The second-order valence-electron chi connectivity index (χ2n) is 9.48. The number of nitrogen functional groups attached to an aromatic ring is 1. The van der Waals surface area contributed by atoms with Gasteiger partial charge in [0.1, 0.15) is 17.9 Å². The van der Waals surface area contributed by atoms with Gasteiger partial charge in [-0.3, -0.25) is 0 Å². The molecule has 0 saturated carbocycles. The summed E-state index contributed by atoms with van der Waals surface area (Å²) in [6, 6.07) is 11.9. The van der Waals surface area contributed by atoms with Crippen molar-refractivity contribution >= 4 is 44.5 Å². The molecule has 1 fully saturated rings. The Balaban J connectivity index is 1.32. The summed E-state index contributed by atoms with van der Waals surface area (Å²) in [6.45, 7) is 6.94. The van der Waals surface area contributed by atoms with E-state index < -0.39 is 0 Å². The van der Waals surface area contributed by atoms with Crippen molar-refractivity contribution in [2.45, 2.75) is 59.1 Å². The Morgan fingerprint density at radius 3 is 2.71 bits per heavy atom. The summed E-state index contributed by atoms with van der Waals surface area (Å²) < 4.78 is 9.11. The molecule has 4 heterocycles.